The van der Waals surface area contributed by atoms with Gasteiger partial charge in [0, 0.05) is 5.69 Å². The highest BCUT2D eigenvalue weighted by Gasteiger charge is 2.05. The highest BCUT2D eigenvalue weighted by molar-refractivity contribution is 6.29. The van der Waals surface area contributed by atoms with Crippen LogP contribution in [-0.4, -0.2) is 9.97 Å². The molecule has 72 valence electrons. The first-order valence-electron chi connectivity index (χ1n) is 4.35. The minimum absolute atomic E-state index is 0.466. The van der Waals surface area contributed by atoms with E-state index in [1.165, 1.54) is 0 Å². The lowest BCUT2D eigenvalue weighted by atomic mass is 10.3. The number of rotatable bonds is 2. The Kier molecular flexibility index (Phi) is 2.50. The third-order valence-electron chi connectivity index (χ3n) is 1.89. The average Bonchev–Trinajstić information content (AvgIpc) is 2.69. The zero-order valence-corrected chi connectivity index (χ0v) is 8.45. The molecule has 0 bridgehead atoms. The Labute approximate surface area is 86.8 Å². The predicted octanol–water partition coefficient (Wildman–Crippen LogP) is 2.95. The van der Waals surface area contributed by atoms with Crippen molar-refractivity contribution in [1.29, 1.82) is 0 Å². The highest BCUT2D eigenvalue weighted by Crippen LogP contribution is 2.18. The van der Waals surface area contributed by atoms with Crippen LogP contribution in [-0.2, 0) is 6.42 Å². The number of aryl methyl sites for hydroxylation is 1. The van der Waals surface area contributed by atoms with E-state index in [1.54, 1.807) is 18.6 Å². The summed E-state index contributed by atoms with van der Waals surface area (Å²) in [7, 11) is 0. The SMILES string of the molecule is CCc1cc(Cl)nc(-c2ccoc2)n1. The molecule has 0 N–H and O–H groups in total. The third kappa shape index (κ3) is 1.77. The standard InChI is InChI=1S/C10H9ClN2O/c1-2-8-5-9(11)13-10(12-8)7-3-4-14-6-7/h3-6H,2H2,1H3. The van der Waals surface area contributed by atoms with E-state index in [0.29, 0.717) is 11.0 Å². The van der Waals surface area contributed by atoms with Gasteiger partial charge < -0.3 is 4.42 Å². The van der Waals surface area contributed by atoms with Crippen molar-refractivity contribution in [3.63, 3.8) is 0 Å². The molecular formula is C10H9ClN2O. The van der Waals surface area contributed by atoms with Crippen molar-refractivity contribution in [2.45, 2.75) is 13.3 Å². The van der Waals surface area contributed by atoms with Crippen molar-refractivity contribution in [1.82, 2.24) is 9.97 Å². The van der Waals surface area contributed by atoms with Gasteiger partial charge in [-0.3, -0.25) is 0 Å². The fraction of sp³-hybridized carbons (Fsp3) is 0.200. The smallest absolute Gasteiger partial charge is 0.164 e. The van der Waals surface area contributed by atoms with Crippen LogP contribution in [0.5, 0.6) is 0 Å². The number of hydrogen-bond donors (Lipinski definition) is 0. The summed E-state index contributed by atoms with van der Waals surface area (Å²) < 4.78 is 4.96. The zero-order valence-electron chi connectivity index (χ0n) is 7.70. The van der Waals surface area contributed by atoms with E-state index in [2.05, 4.69) is 9.97 Å². The molecule has 0 aromatic carbocycles. The second-order valence-corrected chi connectivity index (χ2v) is 3.26. The second-order valence-electron chi connectivity index (χ2n) is 2.87. The third-order valence-corrected chi connectivity index (χ3v) is 2.08. The fourth-order valence-corrected chi connectivity index (χ4v) is 1.37. The van der Waals surface area contributed by atoms with Crippen molar-refractivity contribution in [3.05, 3.63) is 35.5 Å². The van der Waals surface area contributed by atoms with Crippen LogP contribution >= 0.6 is 11.6 Å². The lowest BCUT2D eigenvalue weighted by Crippen LogP contribution is -1.93. The minimum atomic E-state index is 0.466. The van der Waals surface area contributed by atoms with E-state index in [9.17, 15) is 0 Å². The number of furan rings is 1. The van der Waals surface area contributed by atoms with Crippen LogP contribution in [0.25, 0.3) is 11.4 Å². The maximum atomic E-state index is 5.86. The van der Waals surface area contributed by atoms with Gasteiger partial charge >= 0.3 is 0 Å². The summed E-state index contributed by atoms with van der Waals surface area (Å²) >= 11 is 5.86. The molecule has 3 nitrogen and oxygen atoms in total. The molecule has 0 aliphatic carbocycles. The first-order valence-corrected chi connectivity index (χ1v) is 4.73. The van der Waals surface area contributed by atoms with E-state index in [4.69, 9.17) is 16.0 Å². The van der Waals surface area contributed by atoms with Crippen LogP contribution in [0.3, 0.4) is 0 Å². The summed E-state index contributed by atoms with van der Waals surface area (Å²) in [6.45, 7) is 2.03. The van der Waals surface area contributed by atoms with Crippen molar-refractivity contribution in [2.24, 2.45) is 0 Å². The molecule has 0 radical (unpaired) electrons. The van der Waals surface area contributed by atoms with Gasteiger partial charge in [-0.1, -0.05) is 18.5 Å². The molecule has 0 saturated carbocycles. The Balaban J connectivity index is 2.48. The van der Waals surface area contributed by atoms with E-state index in [-0.39, 0.29) is 0 Å². The van der Waals surface area contributed by atoms with Gasteiger partial charge in [0.2, 0.25) is 0 Å². The molecule has 0 fully saturated rings. The molecule has 0 aliphatic heterocycles. The van der Waals surface area contributed by atoms with Gasteiger partial charge in [-0.15, -0.1) is 0 Å². The molecule has 2 rings (SSSR count). The molecule has 2 aromatic rings. The molecule has 2 heterocycles. The van der Waals surface area contributed by atoms with Gasteiger partial charge in [0.05, 0.1) is 11.8 Å². The Morgan fingerprint density at radius 1 is 1.43 bits per heavy atom. The molecule has 14 heavy (non-hydrogen) atoms. The normalized spacial score (nSPS) is 10.4. The molecule has 0 atom stereocenters. The van der Waals surface area contributed by atoms with E-state index in [0.717, 1.165) is 17.7 Å². The lowest BCUT2D eigenvalue weighted by Gasteiger charge is -2.00. The van der Waals surface area contributed by atoms with Crippen LogP contribution in [0.1, 0.15) is 12.6 Å². The van der Waals surface area contributed by atoms with Crippen molar-refractivity contribution < 1.29 is 4.42 Å². The van der Waals surface area contributed by atoms with Crippen LogP contribution in [0.4, 0.5) is 0 Å². The second kappa shape index (κ2) is 3.80. The molecular weight excluding hydrogens is 200 g/mol. The fourth-order valence-electron chi connectivity index (χ4n) is 1.17. The molecule has 0 unspecified atom stereocenters. The topological polar surface area (TPSA) is 38.9 Å². The average molecular weight is 209 g/mol. The summed E-state index contributed by atoms with van der Waals surface area (Å²) in [5, 5.41) is 0.466. The van der Waals surface area contributed by atoms with Gasteiger partial charge in [-0.25, -0.2) is 9.97 Å². The minimum Gasteiger partial charge on any atom is -0.472 e. The molecule has 0 aliphatic rings. The Morgan fingerprint density at radius 2 is 2.29 bits per heavy atom. The Hall–Kier alpha value is -1.35. The highest BCUT2D eigenvalue weighted by atomic mass is 35.5. The summed E-state index contributed by atoms with van der Waals surface area (Å²) in [5.74, 6) is 0.614. The van der Waals surface area contributed by atoms with Crippen LogP contribution in [0, 0.1) is 0 Å². The molecule has 0 amide bonds. The molecule has 0 spiro atoms. The largest absolute Gasteiger partial charge is 0.472 e. The van der Waals surface area contributed by atoms with Crippen LogP contribution < -0.4 is 0 Å². The number of aromatic nitrogens is 2. The van der Waals surface area contributed by atoms with Crippen LogP contribution in [0.2, 0.25) is 5.15 Å². The Morgan fingerprint density at radius 3 is 2.93 bits per heavy atom. The van der Waals surface area contributed by atoms with E-state index in [1.807, 2.05) is 13.0 Å². The maximum absolute atomic E-state index is 5.86. The Bertz CT molecular complexity index is 426. The first kappa shape index (κ1) is 9.21. The van der Waals surface area contributed by atoms with Gasteiger partial charge in [0.25, 0.3) is 0 Å². The summed E-state index contributed by atoms with van der Waals surface area (Å²) in [4.78, 5) is 8.46. The van der Waals surface area contributed by atoms with Crippen molar-refractivity contribution >= 4 is 11.6 Å². The van der Waals surface area contributed by atoms with Gasteiger partial charge in [-0.05, 0) is 18.6 Å². The first-order chi connectivity index (χ1) is 6.79. The zero-order chi connectivity index (χ0) is 9.97. The summed E-state index contributed by atoms with van der Waals surface area (Å²) in [6.07, 6.45) is 4.03. The molecule has 2 aromatic heterocycles. The van der Waals surface area contributed by atoms with Crippen molar-refractivity contribution in [2.75, 3.05) is 0 Å². The predicted molar refractivity (Wildman–Crippen MR) is 54.1 cm³/mol. The quantitative estimate of drug-likeness (QED) is 0.713. The van der Waals surface area contributed by atoms with Gasteiger partial charge in [0.1, 0.15) is 11.4 Å². The van der Waals surface area contributed by atoms with Crippen LogP contribution in [0.15, 0.2) is 29.1 Å². The monoisotopic (exact) mass is 208 g/mol. The lowest BCUT2D eigenvalue weighted by molar-refractivity contribution is 0.568. The summed E-state index contributed by atoms with van der Waals surface area (Å²) in [5.41, 5.74) is 1.78. The number of hydrogen-bond acceptors (Lipinski definition) is 3. The number of halogens is 1. The van der Waals surface area contributed by atoms with Gasteiger partial charge in [0.15, 0.2) is 5.82 Å². The number of nitrogens with zero attached hydrogens (tertiary/aromatic N) is 2. The maximum Gasteiger partial charge on any atom is 0.164 e. The van der Waals surface area contributed by atoms with E-state index < -0.39 is 0 Å². The molecule has 4 heteroatoms. The van der Waals surface area contributed by atoms with Gasteiger partial charge in [-0.2, -0.15) is 0 Å². The summed E-state index contributed by atoms with van der Waals surface area (Å²) in [6, 6.07) is 3.58. The molecule has 0 saturated heterocycles. The van der Waals surface area contributed by atoms with Crippen molar-refractivity contribution in [3.8, 4) is 11.4 Å². The van der Waals surface area contributed by atoms with E-state index >= 15 is 0 Å².